The molecule has 0 aliphatic carbocycles. The summed E-state index contributed by atoms with van der Waals surface area (Å²) in [6, 6.07) is 6.40. The molecule has 0 atom stereocenters. The van der Waals surface area contributed by atoms with Gasteiger partial charge < -0.3 is 40.6 Å². The molecule has 0 unspecified atom stereocenters. The summed E-state index contributed by atoms with van der Waals surface area (Å²) in [6.07, 6.45) is -2.18. The van der Waals surface area contributed by atoms with Gasteiger partial charge in [-0.15, -0.1) is 0 Å². The predicted molar refractivity (Wildman–Crippen MR) is 194 cm³/mol. The van der Waals surface area contributed by atoms with E-state index in [-0.39, 0.29) is 51.4 Å². The number of aryl methyl sites for hydroxylation is 2. The summed E-state index contributed by atoms with van der Waals surface area (Å²) >= 11 is 0. The van der Waals surface area contributed by atoms with Gasteiger partial charge >= 0.3 is 35.8 Å². The average Bonchev–Trinajstić information content (AvgIpc) is 3.74. The smallest absolute Gasteiger partial charge is 0.307 e. The van der Waals surface area contributed by atoms with Crippen LogP contribution >= 0.6 is 0 Å². The zero-order chi connectivity index (χ0) is 39.4. The molecule has 16 nitrogen and oxygen atoms in total. The number of aliphatic carboxylic acids is 6. The molecule has 16 heteroatoms. The lowest BCUT2D eigenvalue weighted by atomic mass is 9.98. The molecule has 54 heavy (non-hydrogen) atoms. The topological polar surface area (TPSA) is 281 Å². The monoisotopic (exact) mass is 742 g/mol. The molecule has 0 amide bonds. The summed E-state index contributed by atoms with van der Waals surface area (Å²) in [4.78, 5) is 87.3. The van der Waals surface area contributed by atoms with Crippen molar-refractivity contribution in [2.75, 3.05) is 0 Å². The van der Waals surface area contributed by atoms with E-state index < -0.39 is 48.7 Å². The number of aromatic amines is 2. The van der Waals surface area contributed by atoms with Crippen LogP contribution < -0.4 is 0 Å². The number of carboxylic acids is 6. The van der Waals surface area contributed by atoms with Gasteiger partial charge in [-0.05, 0) is 108 Å². The quantitative estimate of drug-likeness (QED) is 0.0937. The van der Waals surface area contributed by atoms with Crippen molar-refractivity contribution in [1.82, 2.24) is 19.9 Å². The Morgan fingerprint density at radius 1 is 0.444 bits per heavy atom. The van der Waals surface area contributed by atoms with E-state index in [1.54, 1.807) is 38.1 Å². The van der Waals surface area contributed by atoms with Crippen molar-refractivity contribution in [3.05, 3.63) is 69.3 Å². The number of allylic oxidation sites excluding steroid dienone is 4. The molecule has 8 bridgehead atoms. The number of nitrogens with zero attached hydrogens (tertiary/aromatic N) is 2. The molecule has 2 aliphatic heterocycles. The number of aromatic nitrogens is 4. The first-order valence-corrected chi connectivity index (χ1v) is 17.0. The van der Waals surface area contributed by atoms with Gasteiger partial charge in [-0.25, -0.2) is 9.97 Å². The molecule has 3 aromatic heterocycles. The van der Waals surface area contributed by atoms with Gasteiger partial charge in [0.25, 0.3) is 0 Å². The summed E-state index contributed by atoms with van der Waals surface area (Å²) in [5, 5.41) is 58.2. The molecule has 0 saturated heterocycles. The first kappa shape index (κ1) is 38.6. The van der Waals surface area contributed by atoms with Gasteiger partial charge in [0.1, 0.15) is 0 Å². The molecule has 0 aromatic carbocycles. The van der Waals surface area contributed by atoms with Crippen molar-refractivity contribution >= 4 is 80.2 Å². The highest BCUT2D eigenvalue weighted by atomic mass is 16.4. The van der Waals surface area contributed by atoms with Crippen LogP contribution in [0.2, 0.25) is 0 Å². The first-order valence-electron chi connectivity index (χ1n) is 17.0. The molecule has 5 heterocycles. The molecule has 0 saturated carbocycles. The minimum absolute atomic E-state index is 0.0474. The van der Waals surface area contributed by atoms with Crippen molar-refractivity contribution in [3.8, 4) is 0 Å². The minimum atomic E-state index is -1.19. The summed E-state index contributed by atoms with van der Waals surface area (Å²) < 4.78 is 0. The zero-order valence-corrected chi connectivity index (χ0v) is 29.4. The molecular formula is C38H38N4O12. The SMILES string of the molecule is CC1=C(CCC(=O)O)c2cc3[nH]c(cc4nc(cc5[nH]c(cc1n2)c(CCC(=O)O)c5CC(=O)O)C(CCC(=O)O)=C4C)c(CCC(=O)O)c3CC(=O)O. The highest BCUT2D eigenvalue weighted by Gasteiger charge is 2.24. The Hall–Kier alpha value is -6.58. The number of hydrogen-bond donors (Lipinski definition) is 8. The molecular weight excluding hydrogens is 704 g/mol. The fraction of sp³-hybridized carbons (Fsp3) is 0.316. The third-order valence-corrected chi connectivity index (χ3v) is 9.48. The number of hydrogen-bond acceptors (Lipinski definition) is 8. The van der Waals surface area contributed by atoms with Gasteiger partial charge in [0.2, 0.25) is 0 Å². The van der Waals surface area contributed by atoms with Crippen molar-refractivity contribution in [2.45, 2.75) is 78.1 Å². The van der Waals surface area contributed by atoms with E-state index in [4.69, 9.17) is 9.97 Å². The van der Waals surface area contributed by atoms with Crippen LogP contribution in [-0.2, 0) is 54.5 Å². The number of H-pyrrole nitrogens is 2. The number of nitrogens with one attached hydrogen (secondary N) is 2. The van der Waals surface area contributed by atoms with E-state index in [0.717, 1.165) is 0 Å². The molecule has 8 N–H and O–H groups in total. The van der Waals surface area contributed by atoms with Gasteiger partial charge in [-0.2, -0.15) is 0 Å². The van der Waals surface area contributed by atoms with Crippen LogP contribution in [0.4, 0.5) is 0 Å². The van der Waals surface area contributed by atoms with Crippen LogP contribution in [0.15, 0.2) is 24.3 Å². The van der Waals surface area contributed by atoms with Crippen molar-refractivity contribution in [3.63, 3.8) is 0 Å². The second kappa shape index (κ2) is 16.0. The number of carboxylic acid groups (broad SMARTS) is 6. The standard InChI is InChI=1S/C38H38N4O12/c1-17-19(3-7-33(43)44)27-15-31-24(12-38(53)54)22(6-10-36(49)50)30(42-31)14-26-18(2)20(4-8-34(45)46)28(40-26)16-32-23(11-37(51)52)21(5-9-35(47)48)29(41-32)13-25(17)39-27/h13-16,41-42H,3-12H2,1-2H3,(H,43,44)(H,45,46)(H,47,48)(H,49,50)(H,51,52)(H,53,54). The predicted octanol–water partition coefficient (Wildman–Crippen LogP) is 5.19. The maximum Gasteiger partial charge on any atom is 0.307 e. The van der Waals surface area contributed by atoms with E-state index in [9.17, 15) is 59.4 Å². The lowest BCUT2D eigenvalue weighted by Gasteiger charge is -2.04. The second-order valence-corrected chi connectivity index (χ2v) is 13.1. The van der Waals surface area contributed by atoms with Crippen molar-refractivity contribution in [2.24, 2.45) is 0 Å². The highest BCUT2D eigenvalue weighted by molar-refractivity contribution is 5.96. The summed E-state index contributed by atoms with van der Waals surface area (Å²) in [6.45, 7) is 3.45. The van der Waals surface area contributed by atoms with Crippen LogP contribution in [0.1, 0.15) is 97.4 Å². The summed E-state index contributed by atoms with van der Waals surface area (Å²) in [7, 11) is 0. The molecule has 0 fully saturated rings. The van der Waals surface area contributed by atoms with E-state index >= 15 is 0 Å². The van der Waals surface area contributed by atoms with Crippen LogP contribution in [0.25, 0.3) is 44.4 Å². The van der Waals surface area contributed by atoms with Gasteiger partial charge in [0, 0.05) is 47.8 Å². The Balaban J connectivity index is 2.00. The molecule has 0 spiro atoms. The largest absolute Gasteiger partial charge is 0.481 e. The highest BCUT2D eigenvalue weighted by Crippen LogP contribution is 2.38. The fourth-order valence-corrected chi connectivity index (χ4v) is 6.89. The van der Waals surface area contributed by atoms with Gasteiger partial charge in [-0.3, -0.25) is 28.8 Å². The number of fused-ring (bicyclic) bond motifs is 8. The van der Waals surface area contributed by atoms with Crippen LogP contribution in [-0.4, -0.2) is 86.4 Å². The third kappa shape index (κ3) is 8.71. The van der Waals surface area contributed by atoms with Gasteiger partial charge in [-0.1, -0.05) is 0 Å². The van der Waals surface area contributed by atoms with E-state index in [1.807, 2.05) is 0 Å². The average molecular weight is 743 g/mol. The lowest BCUT2D eigenvalue weighted by Crippen LogP contribution is -2.04. The fourth-order valence-electron chi connectivity index (χ4n) is 6.89. The number of rotatable bonds is 16. The van der Waals surface area contributed by atoms with Crippen molar-refractivity contribution in [1.29, 1.82) is 0 Å². The normalized spacial score (nSPS) is 12.6. The Labute approximate surface area is 306 Å². The maximum atomic E-state index is 12.2. The van der Waals surface area contributed by atoms with Crippen LogP contribution in [0, 0.1) is 0 Å². The van der Waals surface area contributed by atoms with E-state index in [0.29, 0.717) is 89.4 Å². The Morgan fingerprint density at radius 2 is 0.741 bits per heavy atom. The van der Waals surface area contributed by atoms with E-state index in [1.165, 1.54) is 0 Å². The van der Waals surface area contributed by atoms with Crippen LogP contribution in [0.5, 0.6) is 0 Å². The summed E-state index contributed by atoms with van der Waals surface area (Å²) in [5.41, 5.74) is 6.27. The van der Waals surface area contributed by atoms with Crippen molar-refractivity contribution < 1.29 is 59.4 Å². The van der Waals surface area contributed by atoms with Crippen LogP contribution in [0.3, 0.4) is 0 Å². The first-order chi connectivity index (χ1) is 25.5. The third-order valence-electron chi connectivity index (χ3n) is 9.48. The van der Waals surface area contributed by atoms with Gasteiger partial charge in [0.05, 0.1) is 35.6 Å². The Bertz CT molecular complexity index is 2180. The zero-order valence-electron chi connectivity index (χ0n) is 29.4. The Kier molecular flexibility index (Phi) is 11.4. The Morgan fingerprint density at radius 3 is 1.06 bits per heavy atom. The number of carbonyl (C=O) groups is 6. The molecule has 2 aliphatic rings. The van der Waals surface area contributed by atoms with E-state index in [2.05, 4.69) is 9.97 Å². The molecule has 3 aromatic rings. The lowest BCUT2D eigenvalue weighted by molar-refractivity contribution is -0.138. The molecule has 282 valence electrons. The molecule has 5 rings (SSSR count). The maximum absolute atomic E-state index is 12.2. The molecule has 0 radical (unpaired) electrons. The summed E-state index contributed by atoms with van der Waals surface area (Å²) in [5.74, 6) is -6.73. The second-order valence-electron chi connectivity index (χ2n) is 13.1. The van der Waals surface area contributed by atoms with Gasteiger partial charge in [0.15, 0.2) is 0 Å². The minimum Gasteiger partial charge on any atom is -0.481 e.